The Balaban J connectivity index is -0.000000749. The zero-order valence-electron chi connectivity index (χ0n) is 13.8. The van der Waals surface area contributed by atoms with Crippen LogP contribution in [0.1, 0.15) is 5.56 Å². The number of aliphatic hydroxyl groups excluding tert-OH is 4. The minimum absolute atomic E-state index is 0. The molecule has 0 bridgehead atoms. The first-order valence-electron chi connectivity index (χ1n) is 6.94. The van der Waals surface area contributed by atoms with Gasteiger partial charge in [-0.2, -0.15) is 0 Å². The molecule has 0 aliphatic carbocycles. The first-order valence-corrected chi connectivity index (χ1v) is 6.94. The number of ether oxygens (including phenoxy) is 1. The maximum atomic E-state index is 11.5. The van der Waals surface area contributed by atoms with Crippen molar-refractivity contribution in [1.29, 1.82) is 0 Å². The van der Waals surface area contributed by atoms with Crippen molar-refractivity contribution in [3.05, 3.63) is 49.8 Å². The summed E-state index contributed by atoms with van der Waals surface area (Å²) < 4.78 is 27.5. The molecule has 149 valence electrons. The maximum Gasteiger partial charge on any atom is 0.173 e. The molecule has 11 heteroatoms. The molecule has 1 heterocycles. The Morgan fingerprint density at radius 1 is 1.00 bits per heavy atom. The van der Waals surface area contributed by atoms with E-state index in [0.717, 1.165) is 0 Å². The smallest absolute Gasteiger partial charge is 0.173 e. The molecule has 1 radical (unpaired) electrons. The fraction of sp³-hybridized carbons (Fsp3) is 0.438. The van der Waals surface area contributed by atoms with Gasteiger partial charge in [-0.3, -0.25) is 0 Å². The van der Waals surface area contributed by atoms with Gasteiger partial charge >= 0.3 is 33.9 Å². The molecule has 0 saturated carbocycles. The summed E-state index contributed by atoms with van der Waals surface area (Å²) in [5, 5.41) is 52.7. The van der Waals surface area contributed by atoms with Gasteiger partial charge in [0.15, 0.2) is 6.29 Å². The molecular formula is C16H18NO9Re-. The van der Waals surface area contributed by atoms with Gasteiger partial charge in [0.1, 0.15) is 18.3 Å². The number of para-hydroxylation sites is 1. The molecule has 1 unspecified atom stereocenters. The van der Waals surface area contributed by atoms with E-state index in [0.29, 0.717) is 5.56 Å². The Kier molecular flexibility index (Phi) is 20.3. The van der Waals surface area contributed by atoms with Crippen LogP contribution in [0.4, 0.5) is 0 Å². The minimum atomic E-state index is -1.38. The number of benzene rings is 1. The Hall–Kier alpha value is -1.34. The summed E-state index contributed by atoms with van der Waals surface area (Å²) in [4.78, 5) is 0. The summed E-state index contributed by atoms with van der Waals surface area (Å²) in [7, 11) is 0. The van der Waals surface area contributed by atoms with Crippen LogP contribution < -0.4 is 10.4 Å². The normalized spacial score (nSPS) is 25.5. The van der Waals surface area contributed by atoms with Crippen LogP contribution >= 0.6 is 0 Å². The summed E-state index contributed by atoms with van der Waals surface area (Å²) in [6.45, 7) is 13.1. The van der Waals surface area contributed by atoms with Gasteiger partial charge in [0.05, 0.1) is 12.6 Å². The van der Waals surface area contributed by atoms with E-state index in [4.69, 9.17) is 23.8 Å². The monoisotopic (exact) mass is 555 g/mol. The van der Waals surface area contributed by atoms with Crippen LogP contribution in [0.3, 0.4) is 0 Å². The van der Waals surface area contributed by atoms with Gasteiger partial charge in [0.25, 0.3) is 0 Å². The van der Waals surface area contributed by atoms with Gasteiger partial charge in [-0.15, -0.1) is 5.75 Å². The molecule has 1 aromatic carbocycles. The fourth-order valence-electron chi connectivity index (χ4n) is 2.20. The second-order valence-electron chi connectivity index (χ2n) is 4.74. The van der Waals surface area contributed by atoms with E-state index < -0.39 is 37.3 Å². The molecule has 1 aliphatic heterocycles. The van der Waals surface area contributed by atoms with Crippen LogP contribution in [0, 0.1) is 20.0 Å². The van der Waals surface area contributed by atoms with Crippen LogP contribution in [-0.4, -0.2) is 57.7 Å². The first kappa shape index (κ1) is 30.4. The van der Waals surface area contributed by atoms with Crippen LogP contribution in [0.2, 0.25) is 0 Å². The van der Waals surface area contributed by atoms with Gasteiger partial charge in [-0.1, -0.05) is 24.3 Å². The number of hydrogen-bond donors (Lipinski definition) is 5. The van der Waals surface area contributed by atoms with Crippen molar-refractivity contribution in [2.45, 2.75) is 37.2 Å². The largest absolute Gasteiger partial charge is 0.872 e. The molecule has 1 saturated heterocycles. The SMILES string of the molecule is [C-]#[O+].[C-]#[O+].[C-]#[O+].[O-]c1ccccc1CN[C@H]1C(O)O[C@H](CO)[C@@H](O)[C@@H]1O.[Re]. The third kappa shape index (κ3) is 9.42. The van der Waals surface area contributed by atoms with Crippen molar-refractivity contribution in [3.63, 3.8) is 0 Å². The number of hydrogen-bond acceptors (Lipinski definition) is 7. The van der Waals surface area contributed by atoms with Crippen molar-refractivity contribution in [3.8, 4) is 5.75 Å². The first-order chi connectivity index (χ1) is 12.5. The Morgan fingerprint density at radius 2 is 1.52 bits per heavy atom. The van der Waals surface area contributed by atoms with Gasteiger partial charge in [-0.25, -0.2) is 0 Å². The molecule has 0 aromatic heterocycles. The third-order valence-electron chi connectivity index (χ3n) is 3.40. The fourth-order valence-corrected chi connectivity index (χ4v) is 2.20. The van der Waals surface area contributed by atoms with E-state index in [9.17, 15) is 20.4 Å². The average molecular weight is 555 g/mol. The van der Waals surface area contributed by atoms with Crippen LogP contribution in [0.25, 0.3) is 0 Å². The van der Waals surface area contributed by atoms with Crippen LogP contribution in [0.5, 0.6) is 5.75 Å². The van der Waals surface area contributed by atoms with Gasteiger partial charge in [-0.05, 0) is 5.56 Å². The van der Waals surface area contributed by atoms with Crippen molar-refractivity contribution >= 4 is 0 Å². The molecule has 1 fully saturated rings. The van der Waals surface area contributed by atoms with Crippen LogP contribution in [-0.2, 0) is 45.7 Å². The quantitative estimate of drug-likeness (QED) is 0.202. The molecule has 1 aliphatic rings. The molecule has 5 atom stereocenters. The summed E-state index contributed by atoms with van der Waals surface area (Å²) >= 11 is 0. The maximum absolute atomic E-state index is 11.5. The Bertz CT molecular complexity index is 552. The number of aliphatic hydroxyl groups is 4. The third-order valence-corrected chi connectivity index (χ3v) is 3.40. The minimum Gasteiger partial charge on any atom is -0.872 e. The van der Waals surface area contributed by atoms with Gasteiger partial charge in [0.2, 0.25) is 0 Å². The summed E-state index contributed by atoms with van der Waals surface area (Å²) in [5.74, 6) is -0.158. The van der Waals surface area contributed by atoms with E-state index >= 15 is 0 Å². The molecular weight excluding hydrogens is 536 g/mol. The molecule has 2 rings (SSSR count). The Labute approximate surface area is 169 Å². The Morgan fingerprint density at radius 3 is 2.00 bits per heavy atom. The topological polar surface area (TPSA) is 185 Å². The zero-order valence-corrected chi connectivity index (χ0v) is 16.5. The number of rotatable bonds is 4. The van der Waals surface area contributed by atoms with E-state index in [-0.39, 0.29) is 32.7 Å². The molecule has 1 aromatic rings. The van der Waals surface area contributed by atoms with Gasteiger partial charge in [0, 0.05) is 27.0 Å². The van der Waals surface area contributed by atoms with E-state index in [1.165, 1.54) is 6.07 Å². The zero-order chi connectivity index (χ0) is 20.7. The molecule has 27 heavy (non-hydrogen) atoms. The van der Waals surface area contributed by atoms with Crippen molar-refractivity contribution < 1.29 is 64.6 Å². The van der Waals surface area contributed by atoms with E-state index in [1.807, 2.05) is 0 Å². The average Bonchev–Trinajstić information content (AvgIpc) is 2.70. The predicted molar refractivity (Wildman–Crippen MR) is 78.3 cm³/mol. The van der Waals surface area contributed by atoms with Crippen LogP contribution in [0.15, 0.2) is 24.3 Å². The predicted octanol–water partition coefficient (Wildman–Crippen LogP) is -2.47. The second-order valence-corrected chi connectivity index (χ2v) is 4.74. The molecule has 5 N–H and O–H groups in total. The standard InChI is InChI=1S/C13H19NO6.3CO.Re/c15-6-9-11(17)12(18)10(13(19)20-9)14-5-7-3-1-2-4-8(7)16;3*1-2;/h1-4,9-19H,5-6H2;;;;/p-1/t9-,10-,11-,12-,13?;;;;/m1..../s1. The van der Waals surface area contributed by atoms with E-state index in [2.05, 4.69) is 25.3 Å². The summed E-state index contributed by atoms with van der Waals surface area (Å²) in [5.41, 5.74) is 0.477. The van der Waals surface area contributed by atoms with Crippen molar-refractivity contribution in [2.24, 2.45) is 0 Å². The molecule has 0 spiro atoms. The summed E-state index contributed by atoms with van der Waals surface area (Å²) in [6, 6.07) is 5.42. The second kappa shape index (κ2) is 18.0. The summed E-state index contributed by atoms with van der Waals surface area (Å²) in [6.07, 6.45) is -5.05. The molecule has 0 amide bonds. The van der Waals surface area contributed by atoms with Gasteiger partial charge < -0.3 is 35.6 Å². The number of nitrogens with one attached hydrogen (secondary N) is 1. The molecule has 10 nitrogen and oxygen atoms in total. The van der Waals surface area contributed by atoms with Crippen molar-refractivity contribution in [1.82, 2.24) is 5.32 Å². The van der Waals surface area contributed by atoms with E-state index in [1.54, 1.807) is 18.2 Å². The van der Waals surface area contributed by atoms with Crippen molar-refractivity contribution in [2.75, 3.05) is 6.61 Å².